The SMILES string of the molecule is C[C@H]1Oc2ccccc2O[C@H]1C(=O)Nc1nc(-c2ccc(N(C)S(C)(=O)=O)cc2)cs1. The van der Waals surface area contributed by atoms with Crippen LogP contribution in [0.3, 0.4) is 0 Å². The number of hydrogen-bond acceptors (Lipinski definition) is 7. The third-order valence-corrected chi connectivity index (χ3v) is 6.82. The second kappa shape index (κ2) is 8.20. The van der Waals surface area contributed by atoms with E-state index in [1.165, 1.54) is 22.7 Å². The standard InChI is InChI=1S/C21H21N3O5S2/c1-13-19(29-18-7-5-4-6-17(18)28-13)20(25)23-21-22-16(12-30-21)14-8-10-15(11-9-14)24(2)31(3,26)27/h4-13,19H,1-3H3,(H,22,23,25)/t13-,19-/m1/s1. The summed E-state index contributed by atoms with van der Waals surface area (Å²) in [6.07, 6.45) is -0.0987. The molecule has 2 heterocycles. The van der Waals surface area contributed by atoms with Crippen molar-refractivity contribution in [2.45, 2.75) is 19.1 Å². The van der Waals surface area contributed by atoms with Crippen LogP contribution in [-0.2, 0) is 14.8 Å². The number of nitrogens with zero attached hydrogens (tertiary/aromatic N) is 2. The highest BCUT2D eigenvalue weighted by atomic mass is 32.2. The first kappa shape index (κ1) is 21.1. The van der Waals surface area contributed by atoms with Crippen molar-refractivity contribution >= 4 is 38.1 Å². The molecular weight excluding hydrogens is 438 g/mol. The fraction of sp³-hybridized carbons (Fsp3) is 0.238. The Kier molecular flexibility index (Phi) is 5.59. The number of thiazole rings is 1. The van der Waals surface area contributed by atoms with Gasteiger partial charge in [0, 0.05) is 18.0 Å². The highest BCUT2D eigenvalue weighted by Crippen LogP contribution is 2.34. The predicted molar refractivity (Wildman–Crippen MR) is 120 cm³/mol. The van der Waals surface area contributed by atoms with Gasteiger partial charge >= 0.3 is 0 Å². The number of hydrogen-bond donors (Lipinski definition) is 1. The lowest BCUT2D eigenvalue weighted by molar-refractivity contribution is -0.128. The molecule has 0 spiro atoms. The van der Waals surface area contributed by atoms with E-state index in [0.29, 0.717) is 28.0 Å². The topological polar surface area (TPSA) is 97.8 Å². The quantitative estimate of drug-likeness (QED) is 0.628. The van der Waals surface area contributed by atoms with Gasteiger partial charge in [-0.1, -0.05) is 24.3 Å². The third-order valence-electron chi connectivity index (χ3n) is 4.86. The summed E-state index contributed by atoms with van der Waals surface area (Å²) in [5.74, 6) is 0.799. The van der Waals surface area contributed by atoms with Gasteiger partial charge in [-0.15, -0.1) is 11.3 Å². The van der Waals surface area contributed by atoms with E-state index in [-0.39, 0.29) is 5.91 Å². The molecule has 0 saturated heterocycles. The summed E-state index contributed by atoms with van der Waals surface area (Å²) < 4.78 is 36.1. The van der Waals surface area contributed by atoms with E-state index in [2.05, 4.69) is 10.3 Å². The molecule has 1 N–H and O–H groups in total. The number of sulfonamides is 1. The normalized spacial score (nSPS) is 17.8. The first-order valence-electron chi connectivity index (χ1n) is 9.45. The molecule has 1 aromatic heterocycles. The number of ether oxygens (including phenoxy) is 2. The minimum Gasteiger partial charge on any atom is -0.482 e. The zero-order chi connectivity index (χ0) is 22.2. The molecule has 10 heteroatoms. The molecule has 0 saturated carbocycles. The van der Waals surface area contributed by atoms with Gasteiger partial charge in [0.1, 0.15) is 6.10 Å². The number of benzene rings is 2. The summed E-state index contributed by atoms with van der Waals surface area (Å²) in [7, 11) is -1.83. The van der Waals surface area contributed by atoms with Crippen molar-refractivity contribution in [1.82, 2.24) is 4.98 Å². The highest BCUT2D eigenvalue weighted by Gasteiger charge is 2.34. The van der Waals surface area contributed by atoms with Crippen molar-refractivity contribution in [2.24, 2.45) is 0 Å². The number of nitrogens with one attached hydrogen (secondary N) is 1. The van der Waals surface area contributed by atoms with Gasteiger partial charge in [0.2, 0.25) is 16.1 Å². The number of amides is 1. The minimum atomic E-state index is -3.33. The maximum Gasteiger partial charge on any atom is 0.271 e. The maximum atomic E-state index is 12.7. The Hall–Kier alpha value is -3.11. The molecule has 0 bridgehead atoms. The van der Waals surface area contributed by atoms with Crippen LogP contribution >= 0.6 is 11.3 Å². The van der Waals surface area contributed by atoms with Crippen LogP contribution in [0.2, 0.25) is 0 Å². The first-order chi connectivity index (χ1) is 14.7. The van der Waals surface area contributed by atoms with E-state index in [1.54, 1.807) is 43.3 Å². The Balaban J connectivity index is 1.45. The minimum absolute atomic E-state index is 0.340. The molecule has 1 amide bonds. The van der Waals surface area contributed by atoms with Gasteiger partial charge in [0.25, 0.3) is 5.91 Å². The summed E-state index contributed by atoms with van der Waals surface area (Å²) in [6, 6.07) is 14.2. The number of aromatic nitrogens is 1. The average Bonchev–Trinajstić information content (AvgIpc) is 3.20. The number of carbonyl (C=O) groups is 1. The van der Waals surface area contributed by atoms with E-state index < -0.39 is 22.2 Å². The smallest absolute Gasteiger partial charge is 0.271 e. The van der Waals surface area contributed by atoms with Crippen LogP contribution in [0.5, 0.6) is 11.5 Å². The van der Waals surface area contributed by atoms with Crippen LogP contribution in [0, 0.1) is 0 Å². The van der Waals surface area contributed by atoms with E-state index in [0.717, 1.165) is 11.8 Å². The van der Waals surface area contributed by atoms with Gasteiger partial charge in [0.05, 0.1) is 17.6 Å². The van der Waals surface area contributed by atoms with E-state index >= 15 is 0 Å². The number of carbonyl (C=O) groups excluding carboxylic acids is 1. The van der Waals surface area contributed by atoms with E-state index in [1.807, 2.05) is 17.5 Å². The molecule has 3 aromatic rings. The van der Waals surface area contributed by atoms with Crippen LogP contribution in [0.25, 0.3) is 11.3 Å². The summed E-state index contributed by atoms with van der Waals surface area (Å²) in [5.41, 5.74) is 2.04. The zero-order valence-electron chi connectivity index (χ0n) is 17.1. The molecule has 2 aromatic carbocycles. The molecule has 1 aliphatic rings. The number of rotatable bonds is 5. The maximum absolute atomic E-state index is 12.7. The van der Waals surface area contributed by atoms with Crippen LogP contribution in [0.15, 0.2) is 53.9 Å². The molecule has 1 aliphatic heterocycles. The number of para-hydroxylation sites is 2. The first-order valence-corrected chi connectivity index (χ1v) is 12.2. The van der Waals surface area contributed by atoms with E-state index in [4.69, 9.17) is 9.47 Å². The van der Waals surface area contributed by atoms with Gasteiger partial charge in [-0.05, 0) is 31.2 Å². The second-order valence-corrected chi connectivity index (χ2v) is 9.98. The van der Waals surface area contributed by atoms with Crippen molar-refractivity contribution in [3.05, 3.63) is 53.9 Å². The number of fused-ring (bicyclic) bond motifs is 1. The Morgan fingerprint density at radius 3 is 2.39 bits per heavy atom. The second-order valence-electron chi connectivity index (χ2n) is 7.11. The molecule has 2 atom stereocenters. The summed E-state index contributed by atoms with van der Waals surface area (Å²) in [4.78, 5) is 17.2. The predicted octanol–water partition coefficient (Wildman–Crippen LogP) is 3.37. The lowest BCUT2D eigenvalue weighted by Gasteiger charge is -2.30. The molecule has 0 unspecified atom stereocenters. The fourth-order valence-corrected chi connectivity index (χ4v) is 4.31. The highest BCUT2D eigenvalue weighted by molar-refractivity contribution is 7.92. The van der Waals surface area contributed by atoms with Gasteiger partial charge in [-0.2, -0.15) is 0 Å². The Morgan fingerprint density at radius 1 is 1.10 bits per heavy atom. The molecule has 31 heavy (non-hydrogen) atoms. The van der Waals surface area contributed by atoms with Crippen molar-refractivity contribution in [1.29, 1.82) is 0 Å². The van der Waals surface area contributed by atoms with Gasteiger partial charge in [0.15, 0.2) is 16.6 Å². The Bertz CT molecular complexity index is 1210. The molecule has 0 fully saturated rings. The van der Waals surface area contributed by atoms with E-state index in [9.17, 15) is 13.2 Å². The average molecular weight is 460 g/mol. The monoisotopic (exact) mass is 459 g/mol. The lowest BCUT2D eigenvalue weighted by Crippen LogP contribution is -2.46. The van der Waals surface area contributed by atoms with Crippen LogP contribution in [0.4, 0.5) is 10.8 Å². The van der Waals surface area contributed by atoms with Gasteiger partial charge < -0.3 is 9.47 Å². The van der Waals surface area contributed by atoms with Crippen molar-refractivity contribution in [2.75, 3.05) is 22.9 Å². The molecule has 0 aliphatic carbocycles. The largest absolute Gasteiger partial charge is 0.482 e. The third kappa shape index (κ3) is 4.49. The van der Waals surface area contributed by atoms with Crippen molar-refractivity contribution < 1.29 is 22.7 Å². The van der Waals surface area contributed by atoms with Gasteiger partial charge in [-0.25, -0.2) is 13.4 Å². The summed E-state index contributed by atoms with van der Waals surface area (Å²) in [5, 5.41) is 5.05. The van der Waals surface area contributed by atoms with Crippen molar-refractivity contribution in [3.63, 3.8) is 0 Å². The number of anilines is 2. The Morgan fingerprint density at radius 2 is 1.74 bits per heavy atom. The van der Waals surface area contributed by atoms with Crippen LogP contribution in [0.1, 0.15) is 6.92 Å². The van der Waals surface area contributed by atoms with Gasteiger partial charge in [-0.3, -0.25) is 14.4 Å². The van der Waals surface area contributed by atoms with Crippen LogP contribution in [-0.4, -0.2) is 44.8 Å². The fourth-order valence-electron chi connectivity index (χ4n) is 3.08. The molecule has 8 nitrogen and oxygen atoms in total. The summed E-state index contributed by atoms with van der Waals surface area (Å²) >= 11 is 1.29. The summed E-state index contributed by atoms with van der Waals surface area (Å²) in [6.45, 7) is 1.78. The van der Waals surface area contributed by atoms with Crippen molar-refractivity contribution in [3.8, 4) is 22.8 Å². The lowest BCUT2D eigenvalue weighted by atomic mass is 10.1. The molecule has 162 valence electrons. The molecule has 4 rings (SSSR count). The Labute approximate surface area is 184 Å². The zero-order valence-corrected chi connectivity index (χ0v) is 18.7. The van der Waals surface area contributed by atoms with Crippen LogP contribution < -0.4 is 19.1 Å². The molecular formula is C21H21N3O5S2. The molecule has 0 radical (unpaired) electrons.